The van der Waals surface area contributed by atoms with E-state index < -0.39 is 22.1 Å². The largest absolute Gasteiger partial charge is 2.00 e. The number of hydrogen-bond acceptors (Lipinski definition) is 2. The number of sulfonamides is 1. The molecule has 4 aromatic rings. The Morgan fingerprint density at radius 2 is 1.05 bits per heavy atom. The van der Waals surface area contributed by atoms with E-state index in [1.54, 1.807) is 24.3 Å². The van der Waals surface area contributed by atoms with Gasteiger partial charge in [-0.1, -0.05) is 133 Å². The fourth-order valence-corrected chi connectivity index (χ4v) is 4.82. The van der Waals surface area contributed by atoms with Gasteiger partial charge >= 0.3 is 19.5 Å². The summed E-state index contributed by atoms with van der Waals surface area (Å²) in [7, 11) is -3.87. The van der Waals surface area contributed by atoms with Gasteiger partial charge in [0.15, 0.2) is 0 Å². The maximum Gasteiger partial charge on any atom is 2.00 e. The molecule has 4 aromatic carbocycles. The van der Waals surface area contributed by atoms with E-state index in [1.165, 1.54) is 11.1 Å². The average molecular weight is 600 g/mol. The molecule has 0 amide bonds. The predicted molar refractivity (Wildman–Crippen MR) is 150 cm³/mol. The number of rotatable bonds is 7. The van der Waals surface area contributed by atoms with Gasteiger partial charge in [-0.25, -0.2) is 8.42 Å². The minimum atomic E-state index is -3.87. The van der Waals surface area contributed by atoms with Gasteiger partial charge in [0.25, 0.3) is 0 Å². The zero-order valence-corrected chi connectivity index (χ0v) is 24.2. The van der Waals surface area contributed by atoms with Crippen LogP contribution in [0, 0.1) is 13.8 Å². The van der Waals surface area contributed by atoms with Crippen LogP contribution in [-0.4, -0.2) is 8.42 Å². The van der Waals surface area contributed by atoms with Crippen molar-refractivity contribution >= 4 is 10.0 Å². The Labute approximate surface area is 235 Å². The summed E-state index contributed by atoms with van der Waals surface area (Å²) in [6, 6.07) is 32.0. The van der Waals surface area contributed by atoms with Gasteiger partial charge in [0.2, 0.25) is 0 Å². The molecule has 0 aliphatic heterocycles. The van der Waals surface area contributed by atoms with Crippen molar-refractivity contribution in [2.24, 2.45) is 0 Å². The molecule has 0 fully saturated rings. The topological polar surface area (TPSA) is 72.0 Å². The third kappa shape index (κ3) is 9.01. The van der Waals surface area contributed by atoms with E-state index in [4.69, 9.17) is 5.73 Å². The fraction of sp³-hybridized carbons (Fsp3) is 0.226. The van der Waals surface area contributed by atoms with Crippen LogP contribution in [0.2, 0.25) is 0 Å². The Kier molecular flexibility index (Phi) is 11.9. The van der Waals surface area contributed by atoms with E-state index >= 15 is 0 Å². The van der Waals surface area contributed by atoms with Crippen molar-refractivity contribution in [3.63, 3.8) is 0 Å². The summed E-state index contributed by atoms with van der Waals surface area (Å²) in [5, 5.41) is 0. The molecule has 0 unspecified atom stereocenters. The zero-order chi connectivity index (χ0) is 26.1. The Morgan fingerprint density at radius 1 is 0.622 bits per heavy atom. The number of benzene rings is 4. The van der Waals surface area contributed by atoms with Crippen molar-refractivity contribution in [2.75, 3.05) is 0 Å². The van der Waals surface area contributed by atoms with Gasteiger partial charge in [-0.05, 0) is 37.5 Å². The third-order valence-electron chi connectivity index (χ3n) is 5.93. The standard InChI is InChI=1S/C21H20N2O2S.C10H14.Ru/c1-16-12-14-19(15-13-16)26(24,25)23-21(18-10-6-3-7-11-18)20(22)17-8-4-2-5-9-17;1-8(2)10-6-4-9(3)5-7-10;/h2-15,20-22H,1H3;4-8H,1-3H3;/q-2;;+2/t20-,21-;;/m0../s1. The molecule has 0 saturated heterocycles. The molecule has 1 N–H and O–H groups in total. The summed E-state index contributed by atoms with van der Waals surface area (Å²) in [6.45, 7) is 8.44. The summed E-state index contributed by atoms with van der Waals surface area (Å²) in [5.41, 5.74) is 13.8. The molecule has 37 heavy (non-hydrogen) atoms. The van der Waals surface area contributed by atoms with Gasteiger partial charge < -0.3 is 10.5 Å². The fourth-order valence-electron chi connectivity index (χ4n) is 3.68. The molecule has 0 heterocycles. The van der Waals surface area contributed by atoms with Crippen LogP contribution < -0.4 is 0 Å². The first-order valence-corrected chi connectivity index (χ1v) is 13.5. The second kappa shape index (κ2) is 14.3. The first-order chi connectivity index (χ1) is 17.2. The van der Waals surface area contributed by atoms with Crippen LogP contribution in [-0.2, 0) is 29.5 Å². The number of nitrogens with one attached hydrogen (secondary N) is 1. The molecule has 0 aliphatic rings. The molecule has 2 atom stereocenters. The van der Waals surface area contributed by atoms with Gasteiger partial charge in [-0.3, -0.25) is 0 Å². The van der Waals surface area contributed by atoms with Gasteiger partial charge in [0.1, 0.15) is 10.0 Å². The molecule has 0 saturated carbocycles. The average Bonchev–Trinajstić information content (AvgIpc) is 2.89. The monoisotopic (exact) mass is 600 g/mol. The molecule has 0 radical (unpaired) electrons. The van der Waals surface area contributed by atoms with Gasteiger partial charge in [0, 0.05) is 4.90 Å². The molecular formula is C31H34N2O2RuS. The van der Waals surface area contributed by atoms with Gasteiger partial charge in [-0.15, -0.1) is 12.1 Å². The molecule has 0 spiro atoms. The van der Waals surface area contributed by atoms with Crippen molar-refractivity contribution < 1.29 is 27.9 Å². The van der Waals surface area contributed by atoms with Crippen LogP contribution in [0.25, 0.3) is 10.5 Å². The van der Waals surface area contributed by atoms with Gasteiger partial charge in [-0.2, -0.15) is 0 Å². The quantitative estimate of drug-likeness (QED) is 0.199. The summed E-state index contributed by atoms with van der Waals surface area (Å²) < 4.78 is 29.8. The molecular weight excluding hydrogens is 565 g/mol. The SMILES string of the molecule is Cc1ccc(C(C)C)cc1.Cc1ccc(S(=O)(=O)[N-][C@@H](c2ccccc2)[C@@H]([NH-])c2ccccc2)cc1.[Ru+2]. The van der Waals surface area contributed by atoms with E-state index in [2.05, 4.69) is 49.8 Å². The van der Waals surface area contributed by atoms with Crippen LogP contribution in [0.15, 0.2) is 114 Å². The van der Waals surface area contributed by atoms with E-state index in [0.29, 0.717) is 11.5 Å². The zero-order valence-electron chi connectivity index (χ0n) is 21.6. The molecule has 6 heteroatoms. The smallest absolute Gasteiger partial charge is 0.672 e. The number of hydrogen-bond donors (Lipinski definition) is 0. The Balaban J connectivity index is 0.000000369. The third-order valence-corrected chi connectivity index (χ3v) is 7.30. The summed E-state index contributed by atoms with van der Waals surface area (Å²) in [6.07, 6.45) is 0. The van der Waals surface area contributed by atoms with Crippen LogP contribution >= 0.6 is 0 Å². The van der Waals surface area contributed by atoms with E-state index in [-0.39, 0.29) is 24.4 Å². The van der Waals surface area contributed by atoms with E-state index in [0.717, 1.165) is 11.1 Å². The molecule has 194 valence electrons. The summed E-state index contributed by atoms with van der Waals surface area (Å²) in [4.78, 5) is 0.143. The van der Waals surface area contributed by atoms with Gasteiger partial charge in [0.05, 0.1) is 0 Å². The first kappa shape index (κ1) is 30.6. The van der Waals surface area contributed by atoms with Crippen molar-refractivity contribution in [1.82, 2.24) is 0 Å². The number of aryl methyl sites for hydroxylation is 2. The van der Waals surface area contributed by atoms with Crippen LogP contribution in [0.3, 0.4) is 0 Å². The van der Waals surface area contributed by atoms with Crippen LogP contribution in [0.1, 0.15) is 59.7 Å². The normalized spacial score (nSPS) is 12.6. The first-order valence-electron chi connectivity index (χ1n) is 12.1. The second-order valence-corrected chi connectivity index (χ2v) is 10.8. The van der Waals surface area contributed by atoms with Crippen LogP contribution in [0.5, 0.6) is 0 Å². The van der Waals surface area contributed by atoms with E-state index in [1.807, 2.05) is 67.6 Å². The Bertz CT molecular complexity index is 1310. The van der Waals surface area contributed by atoms with Crippen molar-refractivity contribution in [3.05, 3.63) is 147 Å². The molecule has 0 bridgehead atoms. The van der Waals surface area contributed by atoms with Crippen molar-refractivity contribution in [3.8, 4) is 0 Å². The van der Waals surface area contributed by atoms with Crippen molar-refractivity contribution in [2.45, 2.75) is 50.6 Å². The van der Waals surface area contributed by atoms with Crippen molar-refractivity contribution in [1.29, 1.82) is 0 Å². The summed E-state index contributed by atoms with van der Waals surface area (Å²) in [5.74, 6) is 0.653. The maximum absolute atomic E-state index is 12.8. The molecule has 0 aliphatic carbocycles. The summed E-state index contributed by atoms with van der Waals surface area (Å²) >= 11 is 0. The second-order valence-electron chi connectivity index (χ2n) is 9.20. The van der Waals surface area contributed by atoms with E-state index in [9.17, 15) is 8.42 Å². The Morgan fingerprint density at radius 3 is 1.51 bits per heavy atom. The molecule has 0 aromatic heterocycles. The minimum absolute atomic E-state index is 0. The molecule has 4 nitrogen and oxygen atoms in total. The molecule has 4 rings (SSSR count). The Hall–Kier alpha value is -2.63. The minimum Gasteiger partial charge on any atom is -0.672 e. The predicted octanol–water partition coefficient (Wildman–Crippen LogP) is 8.71. The van der Waals surface area contributed by atoms with Crippen LogP contribution in [0.4, 0.5) is 0 Å². The maximum atomic E-state index is 12.8. The number of nitrogens with zero attached hydrogens (tertiary/aromatic N) is 1.